The van der Waals surface area contributed by atoms with Crippen LogP contribution in [0.5, 0.6) is 11.5 Å². The molecule has 1 amide bonds. The largest absolute Gasteiger partial charge is 0.497 e. The lowest BCUT2D eigenvalue weighted by atomic mass is 10.0. The van der Waals surface area contributed by atoms with Crippen molar-refractivity contribution in [3.8, 4) is 22.6 Å². The second-order valence-corrected chi connectivity index (χ2v) is 10.7. The molecule has 1 aliphatic heterocycles. The van der Waals surface area contributed by atoms with Gasteiger partial charge < -0.3 is 24.4 Å². The predicted octanol–water partition coefficient (Wildman–Crippen LogP) is 3.68. The average molecular weight is 599 g/mol. The number of hydrogen-bond donors (Lipinski definition) is 1. The topological polar surface area (TPSA) is 111 Å². The quantitative estimate of drug-likeness (QED) is 0.246. The molecular formula is C30H39ClN6O5. The van der Waals surface area contributed by atoms with Crippen molar-refractivity contribution < 1.29 is 19.0 Å². The van der Waals surface area contributed by atoms with Gasteiger partial charge in [0.05, 0.1) is 25.8 Å². The van der Waals surface area contributed by atoms with Gasteiger partial charge in [-0.05, 0) is 38.5 Å². The maximum Gasteiger partial charge on any atom is 0.260 e. The number of benzene rings is 1. The van der Waals surface area contributed by atoms with Crippen molar-refractivity contribution in [2.45, 2.75) is 38.9 Å². The van der Waals surface area contributed by atoms with Gasteiger partial charge in [0.25, 0.3) is 5.56 Å². The lowest BCUT2D eigenvalue weighted by molar-refractivity contribution is -0.130. The number of fused-ring (bicyclic) bond motifs is 1. The summed E-state index contributed by atoms with van der Waals surface area (Å²) in [5.74, 6) is 1.28. The molecule has 226 valence electrons. The summed E-state index contributed by atoms with van der Waals surface area (Å²) < 4.78 is 17.7. The van der Waals surface area contributed by atoms with E-state index in [9.17, 15) is 9.59 Å². The van der Waals surface area contributed by atoms with Crippen LogP contribution in [0.2, 0.25) is 5.02 Å². The Morgan fingerprint density at radius 3 is 2.50 bits per heavy atom. The molecule has 2 aromatic heterocycles. The Morgan fingerprint density at radius 1 is 1.12 bits per heavy atom. The third-order valence-corrected chi connectivity index (χ3v) is 7.95. The molecule has 11 nitrogen and oxygen atoms in total. The van der Waals surface area contributed by atoms with Crippen molar-refractivity contribution in [3.05, 3.63) is 52.4 Å². The van der Waals surface area contributed by atoms with E-state index in [0.717, 1.165) is 6.54 Å². The zero-order valence-electron chi connectivity index (χ0n) is 24.9. The van der Waals surface area contributed by atoms with Crippen LogP contribution < -0.4 is 20.3 Å². The summed E-state index contributed by atoms with van der Waals surface area (Å²) in [6, 6.07) is 5.50. The molecule has 3 heterocycles. The van der Waals surface area contributed by atoms with Gasteiger partial charge in [0.15, 0.2) is 0 Å². The molecule has 1 N–H and O–H groups in total. The van der Waals surface area contributed by atoms with Crippen molar-refractivity contribution in [2.24, 2.45) is 0 Å². The van der Waals surface area contributed by atoms with Gasteiger partial charge >= 0.3 is 0 Å². The number of amides is 1. The number of halogens is 1. The predicted molar refractivity (Wildman–Crippen MR) is 165 cm³/mol. The molecule has 0 saturated carbocycles. The molecule has 3 aromatic rings. The monoisotopic (exact) mass is 598 g/mol. The zero-order valence-corrected chi connectivity index (χ0v) is 25.6. The third kappa shape index (κ3) is 6.69. The van der Waals surface area contributed by atoms with Gasteiger partial charge in [0.1, 0.15) is 17.1 Å². The van der Waals surface area contributed by atoms with Crippen LogP contribution in [-0.4, -0.2) is 96.4 Å². The summed E-state index contributed by atoms with van der Waals surface area (Å²) in [5, 5.41) is 4.15. The van der Waals surface area contributed by atoms with Crippen molar-refractivity contribution in [2.75, 3.05) is 59.4 Å². The summed E-state index contributed by atoms with van der Waals surface area (Å²) in [7, 11) is 4.69. The second-order valence-electron chi connectivity index (χ2n) is 10.3. The highest BCUT2D eigenvalue weighted by Crippen LogP contribution is 2.38. The third-order valence-electron chi connectivity index (χ3n) is 7.56. The minimum absolute atomic E-state index is 0.0504. The maximum atomic E-state index is 14.1. The standard InChI is InChI=1S/C30H39ClN6O5/c1-7-26(38)35-17-19(2)36(20(3)18-35)10-8-11-37-28-21(16-33-30(34-28)32-9-12-40-4)13-24(29(37)39)23-14-22(41-5)15-25(42-6)27(23)31/h7,13-16,19-20H,1,8-12,17-18H2,2-6H3,(H,32,33,34). The van der Waals surface area contributed by atoms with Gasteiger partial charge in [-0.3, -0.25) is 19.1 Å². The number of pyridine rings is 1. The molecule has 1 fully saturated rings. The number of piperazine rings is 1. The Labute approximate surface area is 251 Å². The smallest absolute Gasteiger partial charge is 0.260 e. The van der Waals surface area contributed by atoms with Crippen LogP contribution in [0.1, 0.15) is 20.3 Å². The van der Waals surface area contributed by atoms with E-state index in [-0.39, 0.29) is 23.6 Å². The second kappa shape index (κ2) is 14.0. The molecule has 2 atom stereocenters. The van der Waals surface area contributed by atoms with Gasteiger partial charge in [-0.15, -0.1) is 0 Å². The number of nitrogens with zero attached hydrogens (tertiary/aromatic N) is 5. The van der Waals surface area contributed by atoms with E-state index in [1.165, 1.54) is 13.2 Å². The highest BCUT2D eigenvalue weighted by atomic mass is 35.5. The van der Waals surface area contributed by atoms with Crippen LogP contribution in [0.4, 0.5) is 5.95 Å². The number of rotatable bonds is 12. The number of anilines is 1. The Bertz CT molecular complexity index is 1480. The van der Waals surface area contributed by atoms with Gasteiger partial charge in [0.2, 0.25) is 11.9 Å². The fraction of sp³-hybridized carbons (Fsp3) is 0.467. The zero-order chi connectivity index (χ0) is 30.4. The van der Waals surface area contributed by atoms with E-state index in [4.69, 9.17) is 30.8 Å². The molecular weight excluding hydrogens is 560 g/mol. The van der Waals surface area contributed by atoms with Crippen LogP contribution in [0.3, 0.4) is 0 Å². The Balaban J connectivity index is 1.70. The van der Waals surface area contributed by atoms with Gasteiger partial charge in [0, 0.05) is 80.7 Å². The Kier molecular flexibility index (Phi) is 10.4. The highest BCUT2D eigenvalue weighted by molar-refractivity contribution is 6.35. The van der Waals surface area contributed by atoms with Crippen LogP contribution in [0.15, 0.2) is 41.8 Å². The summed E-state index contributed by atoms with van der Waals surface area (Å²) in [6.07, 6.45) is 3.75. The van der Waals surface area contributed by atoms with Crippen molar-refractivity contribution in [1.82, 2.24) is 24.3 Å². The summed E-state index contributed by atoms with van der Waals surface area (Å²) in [5.41, 5.74) is 1.18. The van der Waals surface area contributed by atoms with Gasteiger partial charge in [-0.25, -0.2) is 4.98 Å². The van der Waals surface area contributed by atoms with E-state index < -0.39 is 0 Å². The molecule has 42 heavy (non-hydrogen) atoms. The van der Waals surface area contributed by atoms with E-state index in [1.807, 2.05) is 4.90 Å². The number of ether oxygens (including phenoxy) is 3. The van der Waals surface area contributed by atoms with Crippen LogP contribution in [0.25, 0.3) is 22.2 Å². The minimum Gasteiger partial charge on any atom is -0.497 e. The van der Waals surface area contributed by atoms with E-state index in [1.54, 1.807) is 43.2 Å². The SMILES string of the molecule is C=CC(=O)N1CC(C)N(CCCn2c(=O)c(-c3cc(OC)cc(OC)c3Cl)cc3cnc(NCCOC)nc32)C(C)C1. The van der Waals surface area contributed by atoms with E-state index in [0.29, 0.717) is 83.8 Å². The summed E-state index contributed by atoms with van der Waals surface area (Å²) in [4.78, 5) is 39.7. The first-order valence-corrected chi connectivity index (χ1v) is 14.3. The van der Waals surface area contributed by atoms with Crippen molar-refractivity contribution in [1.29, 1.82) is 0 Å². The fourth-order valence-corrected chi connectivity index (χ4v) is 5.75. The molecule has 0 radical (unpaired) electrons. The first-order chi connectivity index (χ1) is 20.2. The van der Waals surface area contributed by atoms with Crippen molar-refractivity contribution in [3.63, 3.8) is 0 Å². The molecule has 0 spiro atoms. The van der Waals surface area contributed by atoms with E-state index >= 15 is 0 Å². The number of carbonyl (C=O) groups excluding carboxylic acids is 1. The number of methoxy groups -OCH3 is 3. The average Bonchev–Trinajstić information content (AvgIpc) is 2.99. The van der Waals surface area contributed by atoms with Crippen LogP contribution in [-0.2, 0) is 16.1 Å². The molecule has 1 aliphatic rings. The van der Waals surface area contributed by atoms with Crippen LogP contribution in [0, 0.1) is 0 Å². The molecule has 0 bridgehead atoms. The molecule has 0 aliphatic carbocycles. The summed E-state index contributed by atoms with van der Waals surface area (Å²) in [6.45, 7) is 11.3. The molecule has 4 rings (SSSR count). The Hall–Kier alpha value is -3.67. The fourth-order valence-electron chi connectivity index (χ4n) is 5.46. The number of carbonyl (C=O) groups is 1. The highest BCUT2D eigenvalue weighted by Gasteiger charge is 2.30. The minimum atomic E-state index is -0.233. The summed E-state index contributed by atoms with van der Waals surface area (Å²) >= 11 is 6.70. The number of aryl methyl sites for hydroxylation is 1. The molecule has 1 saturated heterocycles. The molecule has 1 aromatic carbocycles. The normalized spacial score (nSPS) is 17.3. The lowest BCUT2D eigenvalue weighted by Gasteiger charge is -2.44. The molecule has 2 unspecified atom stereocenters. The number of hydrogen-bond acceptors (Lipinski definition) is 9. The van der Waals surface area contributed by atoms with Crippen molar-refractivity contribution >= 4 is 34.5 Å². The Morgan fingerprint density at radius 2 is 1.86 bits per heavy atom. The number of aromatic nitrogens is 3. The first kappa shape index (κ1) is 31.3. The van der Waals surface area contributed by atoms with Crippen LogP contribution >= 0.6 is 11.6 Å². The first-order valence-electron chi connectivity index (χ1n) is 13.9. The maximum absolute atomic E-state index is 14.1. The van der Waals surface area contributed by atoms with Gasteiger partial charge in [-0.2, -0.15) is 4.98 Å². The lowest BCUT2D eigenvalue weighted by Crippen LogP contribution is -2.58. The number of nitrogens with one attached hydrogen (secondary N) is 1. The molecule has 12 heteroatoms. The van der Waals surface area contributed by atoms with E-state index in [2.05, 4.69) is 35.6 Å². The van der Waals surface area contributed by atoms with Gasteiger partial charge in [-0.1, -0.05) is 18.2 Å².